The molecule has 0 aliphatic carbocycles. The third kappa shape index (κ3) is 4.35. The second-order valence-corrected chi connectivity index (χ2v) is 5.95. The Kier molecular flexibility index (Phi) is 5.11. The second kappa shape index (κ2) is 6.19. The molecule has 0 bridgehead atoms. The molecule has 1 aromatic rings. The molecule has 1 unspecified atom stereocenters. The lowest BCUT2D eigenvalue weighted by atomic mass is 9.85. The van der Waals surface area contributed by atoms with Gasteiger partial charge in [-0.15, -0.1) is 0 Å². The fraction of sp³-hybridized carbons (Fsp3) is 0.714. The van der Waals surface area contributed by atoms with Gasteiger partial charge < -0.3 is 14.7 Å². The Balaban J connectivity index is 2.65. The third-order valence-corrected chi connectivity index (χ3v) is 3.38. The average molecular weight is 267 g/mol. The maximum absolute atomic E-state index is 12.1. The topological polar surface area (TPSA) is 58.4 Å². The van der Waals surface area contributed by atoms with Gasteiger partial charge in [-0.25, -0.2) is 0 Å². The maximum atomic E-state index is 12.1. The minimum atomic E-state index is -0.178. The van der Waals surface area contributed by atoms with E-state index in [0.717, 1.165) is 18.7 Å². The summed E-state index contributed by atoms with van der Waals surface area (Å²) in [6, 6.07) is 1.74. The molecule has 1 N–H and O–H groups in total. The number of aryl methyl sites for hydroxylation is 1. The highest BCUT2D eigenvalue weighted by Crippen LogP contribution is 2.21. The molecule has 0 fully saturated rings. The number of amides is 1. The first-order valence-corrected chi connectivity index (χ1v) is 6.67. The number of hydrogen-bond donors (Lipinski definition) is 1. The van der Waals surface area contributed by atoms with Crippen molar-refractivity contribution in [1.29, 1.82) is 0 Å². The fourth-order valence-electron chi connectivity index (χ4n) is 2.00. The van der Waals surface area contributed by atoms with E-state index < -0.39 is 0 Å². The summed E-state index contributed by atoms with van der Waals surface area (Å²) in [6.07, 6.45) is 0.738. The van der Waals surface area contributed by atoms with E-state index >= 15 is 0 Å². The number of hydrogen-bond acceptors (Lipinski definition) is 4. The van der Waals surface area contributed by atoms with Gasteiger partial charge in [0, 0.05) is 25.1 Å². The predicted molar refractivity (Wildman–Crippen MR) is 75.1 cm³/mol. The smallest absolute Gasteiger partial charge is 0.273 e. The molecule has 1 rings (SSSR count). The summed E-state index contributed by atoms with van der Waals surface area (Å²) in [6.45, 7) is 9.15. The minimum absolute atomic E-state index is 0.0174. The molecule has 1 amide bonds. The molecule has 0 spiro atoms. The zero-order valence-corrected chi connectivity index (χ0v) is 12.8. The third-order valence-electron chi connectivity index (χ3n) is 3.38. The van der Waals surface area contributed by atoms with E-state index in [1.807, 2.05) is 27.9 Å². The van der Waals surface area contributed by atoms with Gasteiger partial charge in [0.05, 0.1) is 0 Å². The zero-order chi connectivity index (χ0) is 14.6. The summed E-state index contributed by atoms with van der Waals surface area (Å²) in [5, 5.41) is 6.78. The molecule has 0 saturated heterocycles. The van der Waals surface area contributed by atoms with E-state index in [2.05, 4.69) is 29.2 Å². The van der Waals surface area contributed by atoms with Crippen LogP contribution in [0.25, 0.3) is 0 Å². The van der Waals surface area contributed by atoms with Crippen LogP contribution in [0.2, 0.25) is 0 Å². The molecule has 1 heterocycles. The van der Waals surface area contributed by atoms with Crippen molar-refractivity contribution in [3.63, 3.8) is 0 Å². The summed E-state index contributed by atoms with van der Waals surface area (Å²) in [4.78, 5) is 14.2. The number of rotatable bonds is 6. The maximum Gasteiger partial charge on any atom is 0.273 e. The molecule has 0 aliphatic heterocycles. The van der Waals surface area contributed by atoms with Crippen LogP contribution in [0, 0.1) is 5.41 Å². The van der Waals surface area contributed by atoms with Crippen LogP contribution in [0.4, 0.5) is 0 Å². The van der Waals surface area contributed by atoms with Gasteiger partial charge in [0.1, 0.15) is 5.76 Å². The summed E-state index contributed by atoms with van der Waals surface area (Å²) in [5.74, 6) is 0.549. The van der Waals surface area contributed by atoms with E-state index in [-0.39, 0.29) is 17.4 Å². The highest BCUT2D eigenvalue weighted by atomic mass is 16.5. The molecule has 5 heteroatoms. The van der Waals surface area contributed by atoms with Crippen molar-refractivity contribution in [2.45, 2.75) is 40.2 Å². The molecule has 108 valence electrons. The lowest BCUT2D eigenvalue weighted by Gasteiger charge is -2.34. The first-order chi connectivity index (χ1) is 8.76. The van der Waals surface area contributed by atoms with Crippen molar-refractivity contribution in [2.24, 2.45) is 5.41 Å². The molecule has 0 aromatic carbocycles. The number of carbonyl (C=O) groups is 1. The van der Waals surface area contributed by atoms with Gasteiger partial charge in [0.2, 0.25) is 0 Å². The van der Waals surface area contributed by atoms with Gasteiger partial charge >= 0.3 is 0 Å². The predicted octanol–water partition coefficient (Wildman–Crippen LogP) is 1.94. The van der Waals surface area contributed by atoms with Crippen LogP contribution in [0.3, 0.4) is 0 Å². The van der Waals surface area contributed by atoms with E-state index in [0.29, 0.717) is 5.69 Å². The van der Waals surface area contributed by atoms with Gasteiger partial charge in [0.25, 0.3) is 5.91 Å². The van der Waals surface area contributed by atoms with E-state index in [1.165, 1.54) is 0 Å². The highest BCUT2D eigenvalue weighted by molar-refractivity contribution is 5.92. The molecule has 0 saturated carbocycles. The Morgan fingerprint density at radius 1 is 1.53 bits per heavy atom. The van der Waals surface area contributed by atoms with E-state index in [4.69, 9.17) is 4.52 Å². The van der Waals surface area contributed by atoms with Gasteiger partial charge in [0.15, 0.2) is 5.69 Å². The van der Waals surface area contributed by atoms with E-state index in [9.17, 15) is 4.79 Å². The van der Waals surface area contributed by atoms with Crippen LogP contribution in [-0.2, 0) is 6.42 Å². The van der Waals surface area contributed by atoms with Crippen molar-refractivity contribution >= 4 is 5.91 Å². The highest BCUT2D eigenvalue weighted by Gasteiger charge is 2.28. The molecular weight excluding hydrogens is 242 g/mol. The molecule has 1 aromatic heterocycles. The number of nitrogens with zero attached hydrogens (tertiary/aromatic N) is 2. The quantitative estimate of drug-likeness (QED) is 0.856. The van der Waals surface area contributed by atoms with Crippen LogP contribution in [-0.4, -0.2) is 42.6 Å². The van der Waals surface area contributed by atoms with Gasteiger partial charge in [-0.3, -0.25) is 4.79 Å². The van der Waals surface area contributed by atoms with E-state index in [1.54, 1.807) is 6.07 Å². The SMILES string of the molecule is CCc1cc(C(=O)NC(C)C(C)(C)CN(C)C)no1. The first kappa shape index (κ1) is 15.7. The Morgan fingerprint density at radius 3 is 2.63 bits per heavy atom. The second-order valence-electron chi connectivity index (χ2n) is 5.95. The number of nitrogens with one attached hydrogen (secondary N) is 1. The lowest BCUT2D eigenvalue weighted by molar-refractivity contribution is 0.0876. The van der Waals surface area contributed by atoms with Gasteiger partial charge in [-0.1, -0.05) is 25.9 Å². The standard InChI is InChI=1S/C14H25N3O2/c1-7-11-8-12(16-19-11)13(18)15-10(2)14(3,4)9-17(5)6/h8,10H,7,9H2,1-6H3,(H,15,18). The van der Waals surface area contributed by atoms with Crippen LogP contribution in [0.1, 0.15) is 43.9 Å². The summed E-state index contributed by atoms with van der Waals surface area (Å²) >= 11 is 0. The van der Waals surface area contributed by atoms with Crippen molar-refractivity contribution in [2.75, 3.05) is 20.6 Å². The summed E-state index contributed by atoms with van der Waals surface area (Å²) in [7, 11) is 4.06. The average Bonchev–Trinajstić information content (AvgIpc) is 2.75. The molecule has 0 radical (unpaired) electrons. The molecule has 1 atom stereocenters. The minimum Gasteiger partial charge on any atom is -0.361 e. The van der Waals surface area contributed by atoms with Crippen LogP contribution < -0.4 is 5.32 Å². The largest absolute Gasteiger partial charge is 0.361 e. The Morgan fingerprint density at radius 2 is 2.16 bits per heavy atom. The van der Waals surface area contributed by atoms with Crippen molar-refractivity contribution in [1.82, 2.24) is 15.4 Å². The summed E-state index contributed by atoms with van der Waals surface area (Å²) in [5.41, 5.74) is 0.334. The van der Waals surface area contributed by atoms with Crippen molar-refractivity contribution < 1.29 is 9.32 Å². The number of aromatic nitrogens is 1. The first-order valence-electron chi connectivity index (χ1n) is 6.67. The molecule has 19 heavy (non-hydrogen) atoms. The van der Waals surface area contributed by atoms with Crippen LogP contribution >= 0.6 is 0 Å². The van der Waals surface area contributed by atoms with Gasteiger partial charge in [-0.2, -0.15) is 0 Å². The normalized spacial score (nSPS) is 13.6. The Labute approximate surface area is 115 Å². The Hall–Kier alpha value is -1.36. The van der Waals surface area contributed by atoms with Crippen LogP contribution in [0.15, 0.2) is 10.6 Å². The molecule has 0 aliphatic rings. The zero-order valence-electron chi connectivity index (χ0n) is 12.8. The Bertz CT molecular complexity index is 424. The van der Waals surface area contributed by atoms with Crippen molar-refractivity contribution in [3.05, 3.63) is 17.5 Å². The molecule has 5 nitrogen and oxygen atoms in total. The number of carbonyl (C=O) groups excluding carboxylic acids is 1. The lowest BCUT2D eigenvalue weighted by Crippen LogP contribution is -2.47. The van der Waals surface area contributed by atoms with Gasteiger partial charge in [-0.05, 0) is 26.4 Å². The van der Waals surface area contributed by atoms with Crippen LogP contribution in [0.5, 0.6) is 0 Å². The molecular formula is C14H25N3O2. The summed E-state index contributed by atoms with van der Waals surface area (Å²) < 4.78 is 5.05. The van der Waals surface area contributed by atoms with Crippen molar-refractivity contribution in [3.8, 4) is 0 Å². The monoisotopic (exact) mass is 267 g/mol. The fourth-order valence-corrected chi connectivity index (χ4v) is 2.00.